The molecule has 0 radical (unpaired) electrons. The number of unbranched alkanes of at least 4 members (excludes halogenated alkanes) is 4. The van der Waals surface area contributed by atoms with Crippen LogP contribution in [0.15, 0.2) is 24.3 Å². The molecule has 0 aromatic heterocycles. The van der Waals surface area contributed by atoms with E-state index in [2.05, 4.69) is 12.2 Å². The van der Waals surface area contributed by atoms with Crippen molar-refractivity contribution < 1.29 is 32.5 Å². The zero-order valence-corrected chi connectivity index (χ0v) is 24.6. The highest BCUT2D eigenvalue weighted by Crippen LogP contribution is 2.56. The summed E-state index contributed by atoms with van der Waals surface area (Å²) < 4.78 is 35.1. The maximum atomic E-state index is 12.9. The highest BCUT2D eigenvalue weighted by Gasteiger charge is 2.46. The van der Waals surface area contributed by atoms with Gasteiger partial charge in [-0.1, -0.05) is 56.9 Å². The molecule has 37 heavy (non-hydrogen) atoms. The summed E-state index contributed by atoms with van der Waals surface area (Å²) in [6.45, 7) is 12.7. The second-order valence-corrected chi connectivity index (χ2v) is 13.5. The number of Topliss-reactive ketones (excluding diaryl/α,β-unsaturated/α-hetero) is 1. The molecule has 0 bridgehead atoms. The molecule has 1 aromatic rings. The number of amides is 1. The van der Waals surface area contributed by atoms with E-state index in [1.165, 1.54) is 19.3 Å². The highest BCUT2D eigenvalue weighted by atomic mass is 31.2. The van der Waals surface area contributed by atoms with Crippen molar-refractivity contribution in [3.8, 4) is 0 Å². The molecule has 8 nitrogen and oxygen atoms in total. The van der Waals surface area contributed by atoms with Crippen LogP contribution in [0, 0.1) is 0 Å². The molecule has 1 N–H and O–H groups in total. The third-order valence-electron chi connectivity index (χ3n) is 5.83. The van der Waals surface area contributed by atoms with Crippen molar-refractivity contribution in [1.29, 1.82) is 0 Å². The normalized spacial score (nSPS) is 22.5. The minimum atomic E-state index is -3.76. The minimum absolute atomic E-state index is 0.0474. The van der Waals surface area contributed by atoms with Gasteiger partial charge < -0.3 is 10.1 Å². The molecule has 1 heterocycles. The van der Waals surface area contributed by atoms with Crippen molar-refractivity contribution in [2.45, 2.75) is 117 Å². The SMILES string of the molecule is CCCCCCCC(=O)c1ccc(CCC2(NC(=O)OC(C)(C)C)COP(=O)(OC(C)(C)C)OC2)cc1. The summed E-state index contributed by atoms with van der Waals surface area (Å²) in [5.74, 6) is 0.162. The standard InChI is InChI=1S/C28H46NO7P/c1-8-9-10-11-12-13-24(30)23-16-14-22(15-17-23)18-19-28(29-25(31)35-26(2,3)4)20-33-37(32,34-21-28)36-27(5,6)7/h14-17H,8-13,18-21H2,1-7H3,(H,29,31). The number of ether oxygens (including phenoxy) is 1. The fraction of sp³-hybridized carbons (Fsp3) is 0.714. The predicted molar refractivity (Wildman–Crippen MR) is 145 cm³/mol. The number of hydrogen-bond acceptors (Lipinski definition) is 7. The number of phosphoric ester groups is 1. The van der Waals surface area contributed by atoms with Crippen LogP contribution in [0.5, 0.6) is 0 Å². The van der Waals surface area contributed by atoms with Gasteiger partial charge in [-0.05, 0) is 66.4 Å². The number of ketones is 1. The fourth-order valence-electron chi connectivity index (χ4n) is 3.95. The van der Waals surface area contributed by atoms with Gasteiger partial charge in [0.1, 0.15) is 5.60 Å². The van der Waals surface area contributed by atoms with E-state index in [-0.39, 0.29) is 19.0 Å². The van der Waals surface area contributed by atoms with Gasteiger partial charge in [0, 0.05) is 12.0 Å². The van der Waals surface area contributed by atoms with Gasteiger partial charge in [0.05, 0.1) is 24.4 Å². The van der Waals surface area contributed by atoms with Crippen LogP contribution < -0.4 is 5.32 Å². The van der Waals surface area contributed by atoms with Gasteiger partial charge in [0.2, 0.25) is 0 Å². The molecule has 0 saturated carbocycles. The Bertz CT molecular complexity index is 919. The molecule has 2 rings (SSSR count). The van der Waals surface area contributed by atoms with E-state index >= 15 is 0 Å². The summed E-state index contributed by atoms with van der Waals surface area (Å²) in [6, 6.07) is 7.58. The number of aryl methyl sites for hydroxylation is 1. The van der Waals surface area contributed by atoms with Crippen molar-refractivity contribution in [2.75, 3.05) is 13.2 Å². The molecule has 1 saturated heterocycles. The van der Waals surface area contributed by atoms with Crippen LogP contribution >= 0.6 is 7.82 Å². The third kappa shape index (κ3) is 11.7. The van der Waals surface area contributed by atoms with Crippen molar-refractivity contribution in [3.05, 3.63) is 35.4 Å². The number of nitrogens with one attached hydrogen (secondary N) is 1. The van der Waals surface area contributed by atoms with E-state index in [1.807, 2.05) is 24.3 Å². The van der Waals surface area contributed by atoms with E-state index in [9.17, 15) is 14.2 Å². The van der Waals surface area contributed by atoms with Crippen molar-refractivity contribution in [2.24, 2.45) is 0 Å². The fourth-order valence-corrected chi connectivity index (χ4v) is 5.61. The Morgan fingerprint density at radius 3 is 2.08 bits per heavy atom. The monoisotopic (exact) mass is 539 g/mol. The molecule has 1 amide bonds. The van der Waals surface area contributed by atoms with Gasteiger partial charge in [0.25, 0.3) is 0 Å². The topological polar surface area (TPSA) is 100 Å². The second kappa shape index (κ2) is 13.4. The molecular weight excluding hydrogens is 493 g/mol. The Balaban J connectivity index is 2.03. The largest absolute Gasteiger partial charge is 0.475 e. The van der Waals surface area contributed by atoms with Gasteiger partial charge in [-0.2, -0.15) is 0 Å². The number of hydrogen-bond donors (Lipinski definition) is 1. The summed E-state index contributed by atoms with van der Waals surface area (Å²) >= 11 is 0. The van der Waals surface area contributed by atoms with Crippen molar-refractivity contribution in [3.63, 3.8) is 0 Å². The number of carbonyl (C=O) groups is 2. The molecule has 1 fully saturated rings. The Morgan fingerprint density at radius 2 is 1.54 bits per heavy atom. The zero-order chi connectivity index (χ0) is 27.7. The maximum Gasteiger partial charge on any atom is 0.475 e. The van der Waals surface area contributed by atoms with E-state index < -0.39 is 30.7 Å². The molecule has 0 aliphatic carbocycles. The molecule has 0 atom stereocenters. The number of phosphoric acid groups is 1. The molecule has 1 aliphatic rings. The second-order valence-electron chi connectivity index (χ2n) is 11.9. The first-order valence-corrected chi connectivity index (χ1v) is 14.8. The smallest absolute Gasteiger partial charge is 0.444 e. The Morgan fingerprint density at radius 1 is 0.946 bits per heavy atom. The molecule has 1 aromatic carbocycles. The quantitative estimate of drug-likeness (QED) is 0.168. The van der Waals surface area contributed by atoms with E-state index in [0.29, 0.717) is 24.8 Å². The Labute approximate surface area is 222 Å². The van der Waals surface area contributed by atoms with Crippen LogP contribution in [0.2, 0.25) is 0 Å². The summed E-state index contributed by atoms with van der Waals surface area (Å²) in [6.07, 6.45) is 6.57. The number of benzene rings is 1. The number of carbonyl (C=O) groups excluding carboxylic acids is 2. The van der Waals surface area contributed by atoms with E-state index in [1.54, 1.807) is 41.5 Å². The van der Waals surface area contributed by atoms with Gasteiger partial charge in [-0.15, -0.1) is 0 Å². The first-order chi connectivity index (χ1) is 17.1. The predicted octanol–water partition coefficient (Wildman–Crippen LogP) is 7.40. The van der Waals surface area contributed by atoms with Gasteiger partial charge in [-0.25, -0.2) is 9.36 Å². The molecule has 210 valence electrons. The molecular formula is C28H46NO7P. The highest BCUT2D eigenvalue weighted by molar-refractivity contribution is 7.48. The molecule has 0 spiro atoms. The van der Waals surface area contributed by atoms with Crippen LogP contribution in [-0.2, 0) is 29.3 Å². The molecule has 0 unspecified atom stereocenters. The van der Waals surface area contributed by atoms with Crippen LogP contribution in [0.3, 0.4) is 0 Å². The van der Waals surface area contributed by atoms with Crippen molar-refractivity contribution >= 4 is 19.7 Å². The zero-order valence-electron chi connectivity index (χ0n) is 23.7. The molecule has 9 heteroatoms. The molecule has 1 aliphatic heterocycles. The lowest BCUT2D eigenvalue weighted by molar-refractivity contribution is -0.0275. The summed E-state index contributed by atoms with van der Waals surface area (Å²) in [7, 11) is -3.76. The average molecular weight is 540 g/mol. The summed E-state index contributed by atoms with van der Waals surface area (Å²) in [4.78, 5) is 25.1. The van der Waals surface area contributed by atoms with Crippen LogP contribution in [0.1, 0.15) is 109 Å². The lowest BCUT2D eigenvalue weighted by Crippen LogP contribution is -2.58. The van der Waals surface area contributed by atoms with Crippen molar-refractivity contribution in [1.82, 2.24) is 5.32 Å². The van der Waals surface area contributed by atoms with Crippen LogP contribution in [0.25, 0.3) is 0 Å². The minimum Gasteiger partial charge on any atom is -0.444 e. The Kier molecular flexibility index (Phi) is 11.4. The van der Waals surface area contributed by atoms with Gasteiger partial charge in [0.15, 0.2) is 5.78 Å². The average Bonchev–Trinajstić information content (AvgIpc) is 2.77. The van der Waals surface area contributed by atoms with E-state index in [0.717, 1.165) is 18.4 Å². The Hall–Kier alpha value is -1.73. The number of alkyl carbamates (subject to hydrolysis) is 1. The third-order valence-corrected chi connectivity index (χ3v) is 7.49. The van der Waals surface area contributed by atoms with Gasteiger partial charge in [-0.3, -0.25) is 18.4 Å². The van der Waals surface area contributed by atoms with Gasteiger partial charge >= 0.3 is 13.9 Å². The first-order valence-electron chi connectivity index (χ1n) is 13.4. The maximum absolute atomic E-state index is 12.9. The van der Waals surface area contributed by atoms with Crippen LogP contribution in [0.4, 0.5) is 4.79 Å². The lowest BCUT2D eigenvalue weighted by atomic mass is 9.92. The van der Waals surface area contributed by atoms with E-state index in [4.69, 9.17) is 18.3 Å². The lowest BCUT2D eigenvalue weighted by Gasteiger charge is -2.41. The van der Waals surface area contributed by atoms with Crippen LogP contribution in [-0.4, -0.2) is 41.8 Å². The number of rotatable bonds is 12. The summed E-state index contributed by atoms with van der Waals surface area (Å²) in [5.41, 5.74) is -0.632. The summed E-state index contributed by atoms with van der Waals surface area (Å²) in [5, 5.41) is 2.89. The first kappa shape index (κ1) is 31.5.